The van der Waals surface area contributed by atoms with Gasteiger partial charge in [0.1, 0.15) is 0 Å². The van der Waals surface area contributed by atoms with Crippen LogP contribution in [0.3, 0.4) is 0 Å². The molecular formula is C13H14N2O3. The molecule has 5 heteroatoms. The number of hydrogen-bond acceptors (Lipinski definition) is 3. The largest absolute Gasteiger partial charge is 0.420 e. The van der Waals surface area contributed by atoms with E-state index in [1.54, 1.807) is 15.5 Å². The number of oxazole rings is 1. The first-order valence-electron chi connectivity index (χ1n) is 6.09. The van der Waals surface area contributed by atoms with Gasteiger partial charge in [-0.15, -0.1) is 0 Å². The molecule has 0 bridgehead atoms. The summed E-state index contributed by atoms with van der Waals surface area (Å²) in [6.45, 7) is 1.39. The quantitative estimate of drug-likeness (QED) is 0.752. The van der Waals surface area contributed by atoms with Gasteiger partial charge in [0.2, 0.25) is 6.41 Å². The van der Waals surface area contributed by atoms with Crippen LogP contribution in [0.15, 0.2) is 33.5 Å². The summed E-state index contributed by atoms with van der Waals surface area (Å²) in [5, 5.41) is 0. The zero-order chi connectivity index (χ0) is 12.5. The molecule has 1 aliphatic heterocycles. The number of hydrogen-bond donors (Lipinski definition) is 0. The summed E-state index contributed by atoms with van der Waals surface area (Å²) in [6.07, 6.45) is 2.46. The number of fused-ring (bicyclic) bond motifs is 1. The molecule has 0 atom stereocenters. The molecule has 0 aliphatic carbocycles. The van der Waals surface area contributed by atoms with E-state index in [1.807, 2.05) is 18.2 Å². The van der Waals surface area contributed by atoms with Crippen molar-refractivity contribution in [1.82, 2.24) is 9.47 Å². The lowest BCUT2D eigenvalue weighted by atomic mass is 10.1. The van der Waals surface area contributed by atoms with Gasteiger partial charge in [-0.2, -0.15) is 0 Å². The number of benzene rings is 1. The third-order valence-electron chi connectivity index (χ3n) is 3.53. The lowest BCUT2D eigenvalue weighted by Gasteiger charge is -2.29. The second-order valence-electron chi connectivity index (χ2n) is 4.58. The highest BCUT2D eigenvalue weighted by Crippen LogP contribution is 2.24. The fourth-order valence-corrected chi connectivity index (χ4v) is 2.58. The Kier molecular flexibility index (Phi) is 2.66. The van der Waals surface area contributed by atoms with Crippen LogP contribution in [-0.2, 0) is 4.79 Å². The summed E-state index contributed by atoms with van der Waals surface area (Å²) in [5.74, 6) is -0.305. The highest BCUT2D eigenvalue weighted by molar-refractivity contribution is 5.72. The van der Waals surface area contributed by atoms with Gasteiger partial charge < -0.3 is 9.32 Å². The highest BCUT2D eigenvalue weighted by Gasteiger charge is 2.23. The third kappa shape index (κ3) is 1.72. The summed E-state index contributed by atoms with van der Waals surface area (Å²) >= 11 is 0. The van der Waals surface area contributed by atoms with Gasteiger partial charge in [0.05, 0.1) is 5.52 Å². The van der Waals surface area contributed by atoms with Crippen LogP contribution < -0.4 is 5.76 Å². The number of carbonyl (C=O) groups is 1. The maximum Gasteiger partial charge on any atom is 0.420 e. The summed E-state index contributed by atoms with van der Waals surface area (Å²) < 4.78 is 6.95. The Morgan fingerprint density at radius 3 is 2.67 bits per heavy atom. The van der Waals surface area contributed by atoms with Crippen molar-refractivity contribution in [3.8, 4) is 0 Å². The van der Waals surface area contributed by atoms with Gasteiger partial charge in [-0.05, 0) is 25.0 Å². The Morgan fingerprint density at radius 1 is 1.22 bits per heavy atom. The van der Waals surface area contributed by atoms with E-state index < -0.39 is 0 Å². The fraction of sp³-hybridized carbons (Fsp3) is 0.385. The molecule has 1 aliphatic rings. The van der Waals surface area contributed by atoms with Gasteiger partial charge in [-0.25, -0.2) is 4.79 Å². The predicted molar refractivity (Wildman–Crippen MR) is 66.4 cm³/mol. The number of amides is 1. The molecule has 5 nitrogen and oxygen atoms in total. The average Bonchev–Trinajstić information content (AvgIpc) is 2.75. The van der Waals surface area contributed by atoms with Crippen LogP contribution in [0.2, 0.25) is 0 Å². The predicted octanol–water partition coefficient (Wildman–Crippen LogP) is 1.39. The minimum atomic E-state index is -0.305. The van der Waals surface area contributed by atoms with Crippen molar-refractivity contribution < 1.29 is 9.21 Å². The molecule has 18 heavy (non-hydrogen) atoms. The lowest BCUT2D eigenvalue weighted by Crippen LogP contribution is -2.35. The van der Waals surface area contributed by atoms with Crippen LogP contribution >= 0.6 is 0 Å². The van der Waals surface area contributed by atoms with Gasteiger partial charge in [0.15, 0.2) is 5.58 Å². The average molecular weight is 246 g/mol. The summed E-state index contributed by atoms with van der Waals surface area (Å²) in [7, 11) is 0. The standard InChI is InChI=1S/C13H14N2O3/c16-9-14-7-5-10(6-8-14)15-11-3-1-2-4-12(11)18-13(15)17/h1-4,9-10H,5-8H2. The highest BCUT2D eigenvalue weighted by atomic mass is 16.4. The van der Waals surface area contributed by atoms with Crippen LogP contribution in [0.5, 0.6) is 0 Å². The monoisotopic (exact) mass is 246 g/mol. The normalized spacial score (nSPS) is 17.2. The van der Waals surface area contributed by atoms with Crippen LogP contribution in [0.4, 0.5) is 0 Å². The molecule has 1 aromatic carbocycles. The minimum Gasteiger partial charge on any atom is -0.408 e. The summed E-state index contributed by atoms with van der Waals surface area (Å²) in [4.78, 5) is 24.3. The first-order valence-corrected chi connectivity index (χ1v) is 6.09. The van der Waals surface area contributed by atoms with E-state index in [0.29, 0.717) is 18.7 Å². The molecule has 0 saturated carbocycles. The number of para-hydroxylation sites is 2. The molecule has 2 heterocycles. The maximum absolute atomic E-state index is 11.9. The van der Waals surface area contributed by atoms with E-state index >= 15 is 0 Å². The van der Waals surface area contributed by atoms with Crippen molar-refractivity contribution in [2.75, 3.05) is 13.1 Å². The van der Waals surface area contributed by atoms with E-state index in [-0.39, 0.29) is 11.8 Å². The van der Waals surface area contributed by atoms with Crippen molar-refractivity contribution in [2.45, 2.75) is 18.9 Å². The van der Waals surface area contributed by atoms with Crippen LogP contribution in [0.25, 0.3) is 11.1 Å². The molecule has 2 aromatic rings. The van der Waals surface area contributed by atoms with E-state index in [9.17, 15) is 9.59 Å². The zero-order valence-corrected chi connectivity index (χ0v) is 9.91. The summed E-state index contributed by atoms with van der Waals surface area (Å²) in [6, 6.07) is 7.57. The molecule has 1 fully saturated rings. The molecule has 0 spiro atoms. The van der Waals surface area contributed by atoms with Crippen molar-refractivity contribution in [3.63, 3.8) is 0 Å². The number of piperidine rings is 1. The van der Waals surface area contributed by atoms with Gasteiger partial charge in [0, 0.05) is 19.1 Å². The molecule has 0 N–H and O–H groups in total. The van der Waals surface area contributed by atoms with Gasteiger partial charge >= 0.3 is 5.76 Å². The van der Waals surface area contributed by atoms with Crippen molar-refractivity contribution in [3.05, 3.63) is 34.8 Å². The molecule has 1 aromatic heterocycles. The minimum absolute atomic E-state index is 0.123. The Labute approximate surface area is 104 Å². The number of rotatable bonds is 2. The molecule has 0 radical (unpaired) electrons. The maximum atomic E-state index is 11.9. The van der Waals surface area contributed by atoms with Crippen molar-refractivity contribution >= 4 is 17.5 Å². The van der Waals surface area contributed by atoms with Gasteiger partial charge in [-0.3, -0.25) is 9.36 Å². The zero-order valence-electron chi connectivity index (χ0n) is 9.91. The second kappa shape index (κ2) is 4.33. The first kappa shape index (κ1) is 11.1. The fourth-order valence-electron chi connectivity index (χ4n) is 2.58. The lowest BCUT2D eigenvalue weighted by molar-refractivity contribution is -0.119. The van der Waals surface area contributed by atoms with Gasteiger partial charge in [0.25, 0.3) is 0 Å². The third-order valence-corrected chi connectivity index (χ3v) is 3.53. The number of carbonyl (C=O) groups excluding carboxylic acids is 1. The molecule has 1 saturated heterocycles. The number of nitrogens with zero attached hydrogens (tertiary/aromatic N) is 2. The first-order chi connectivity index (χ1) is 8.79. The van der Waals surface area contributed by atoms with Crippen LogP contribution in [0.1, 0.15) is 18.9 Å². The van der Waals surface area contributed by atoms with E-state index in [2.05, 4.69) is 0 Å². The van der Waals surface area contributed by atoms with Gasteiger partial charge in [-0.1, -0.05) is 12.1 Å². The Bertz CT molecular complexity index is 620. The van der Waals surface area contributed by atoms with Crippen LogP contribution in [-0.4, -0.2) is 29.0 Å². The molecule has 94 valence electrons. The topological polar surface area (TPSA) is 55.5 Å². The molecular weight excluding hydrogens is 232 g/mol. The van der Waals surface area contributed by atoms with Crippen molar-refractivity contribution in [2.24, 2.45) is 0 Å². The number of aromatic nitrogens is 1. The summed E-state index contributed by atoms with van der Waals surface area (Å²) in [5.41, 5.74) is 1.47. The van der Waals surface area contributed by atoms with Crippen LogP contribution in [0, 0.1) is 0 Å². The smallest absolute Gasteiger partial charge is 0.408 e. The Balaban J connectivity index is 1.97. The van der Waals surface area contributed by atoms with E-state index in [0.717, 1.165) is 24.8 Å². The van der Waals surface area contributed by atoms with Crippen molar-refractivity contribution in [1.29, 1.82) is 0 Å². The Morgan fingerprint density at radius 2 is 1.94 bits per heavy atom. The Hall–Kier alpha value is -2.04. The van der Waals surface area contributed by atoms with E-state index in [1.165, 1.54) is 0 Å². The molecule has 0 unspecified atom stereocenters. The number of likely N-dealkylation sites (tertiary alicyclic amines) is 1. The second-order valence-corrected chi connectivity index (χ2v) is 4.58. The molecule has 1 amide bonds. The molecule has 3 rings (SSSR count). The van der Waals surface area contributed by atoms with E-state index in [4.69, 9.17) is 4.42 Å². The SMILES string of the molecule is O=CN1CCC(n2c(=O)oc3ccccc32)CC1.